The third-order valence-electron chi connectivity index (χ3n) is 1.80. The van der Waals surface area contributed by atoms with Crippen molar-refractivity contribution in [1.82, 2.24) is 19.7 Å². The smallest absolute Gasteiger partial charge is 0.183 e. The summed E-state index contributed by atoms with van der Waals surface area (Å²) in [7, 11) is 2.04. The minimum atomic E-state index is 0.862. The summed E-state index contributed by atoms with van der Waals surface area (Å²) in [4.78, 5) is 4.03. The number of aryl methyl sites for hydroxylation is 1. The van der Waals surface area contributed by atoms with Gasteiger partial charge in [0, 0.05) is 24.7 Å². The third-order valence-corrected chi connectivity index (χ3v) is 2.71. The van der Waals surface area contributed by atoms with Gasteiger partial charge in [-0.15, -0.1) is 0 Å². The van der Waals surface area contributed by atoms with Crippen LogP contribution < -0.4 is 0 Å². The van der Waals surface area contributed by atoms with Crippen molar-refractivity contribution in [3.05, 3.63) is 30.4 Å². The van der Waals surface area contributed by atoms with Gasteiger partial charge in [0.05, 0.1) is 0 Å². The van der Waals surface area contributed by atoms with Crippen molar-refractivity contribution < 1.29 is 0 Å². The van der Waals surface area contributed by atoms with Gasteiger partial charge in [-0.1, -0.05) is 11.8 Å². The molecular formula is C8H10N4S. The molecule has 0 saturated carbocycles. The molecule has 0 saturated heterocycles. The summed E-state index contributed by atoms with van der Waals surface area (Å²) in [6.07, 6.45) is 3.56. The lowest BCUT2D eigenvalue weighted by molar-refractivity contribution is 0.872. The lowest BCUT2D eigenvalue weighted by Gasteiger charge is -1.99. The molecule has 0 unspecified atom stereocenters. The fourth-order valence-electron chi connectivity index (χ4n) is 1.05. The zero-order valence-corrected chi connectivity index (χ0v) is 8.08. The topological polar surface area (TPSA) is 46.5 Å². The van der Waals surface area contributed by atoms with Gasteiger partial charge in [-0.3, -0.25) is 5.10 Å². The van der Waals surface area contributed by atoms with Crippen LogP contribution in [0.4, 0.5) is 0 Å². The molecule has 2 heterocycles. The lowest BCUT2D eigenvalue weighted by Crippen LogP contribution is -1.92. The fourth-order valence-corrected chi connectivity index (χ4v) is 1.88. The summed E-state index contributed by atoms with van der Waals surface area (Å²) in [6.45, 7) is 0. The van der Waals surface area contributed by atoms with Gasteiger partial charge in [-0.05, 0) is 12.1 Å². The van der Waals surface area contributed by atoms with Gasteiger partial charge in [0.1, 0.15) is 6.33 Å². The zero-order chi connectivity index (χ0) is 9.10. The Morgan fingerprint density at radius 1 is 1.62 bits per heavy atom. The number of nitrogens with one attached hydrogen (secondary N) is 1. The van der Waals surface area contributed by atoms with Gasteiger partial charge < -0.3 is 4.57 Å². The Hall–Kier alpha value is -1.23. The van der Waals surface area contributed by atoms with Crippen molar-refractivity contribution in [3.63, 3.8) is 0 Å². The van der Waals surface area contributed by atoms with E-state index in [1.165, 1.54) is 12.0 Å². The van der Waals surface area contributed by atoms with Crippen LogP contribution in [0.5, 0.6) is 0 Å². The molecule has 0 radical (unpaired) electrons. The molecular weight excluding hydrogens is 184 g/mol. The average molecular weight is 194 g/mol. The molecule has 13 heavy (non-hydrogen) atoms. The number of rotatable bonds is 3. The van der Waals surface area contributed by atoms with Gasteiger partial charge in [-0.2, -0.15) is 5.10 Å². The van der Waals surface area contributed by atoms with Crippen molar-refractivity contribution in [2.24, 2.45) is 7.05 Å². The van der Waals surface area contributed by atoms with Gasteiger partial charge in [0.2, 0.25) is 0 Å². The van der Waals surface area contributed by atoms with Gasteiger partial charge in [0.15, 0.2) is 5.16 Å². The Kier molecular flexibility index (Phi) is 2.35. The maximum atomic E-state index is 4.03. The van der Waals surface area contributed by atoms with E-state index < -0.39 is 0 Å². The quantitative estimate of drug-likeness (QED) is 0.752. The number of aromatic nitrogens is 4. The number of hydrogen-bond acceptors (Lipinski definition) is 3. The highest BCUT2D eigenvalue weighted by atomic mass is 32.2. The van der Waals surface area contributed by atoms with Crippen molar-refractivity contribution in [2.45, 2.75) is 10.9 Å². The standard InChI is InChI=1S/C8H10N4S/c1-12-4-2-3-7(12)5-13-8-9-6-10-11-8/h2-4,6H,5H2,1H3,(H,9,10,11). The van der Waals surface area contributed by atoms with E-state index in [1.54, 1.807) is 11.8 Å². The van der Waals surface area contributed by atoms with E-state index in [0.717, 1.165) is 10.9 Å². The van der Waals surface area contributed by atoms with E-state index in [2.05, 4.69) is 25.8 Å². The van der Waals surface area contributed by atoms with Crippen LogP contribution in [0.25, 0.3) is 0 Å². The first-order valence-corrected chi connectivity index (χ1v) is 4.93. The summed E-state index contributed by atoms with van der Waals surface area (Å²) in [5, 5.41) is 7.45. The Balaban J connectivity index is 1.97. The van der Waals surface area contributed by atoms with Crippen LogP contribution in [-0.4, -0.2) is 19.7 Å². The summed E-state index contributed by atoms with van der Waals surface area (Å²) < 4.78 is 2.10. The average Bonchev–Trinajstić information content (AvgIpc) is 2.72. The molecule has 0 bridgehead atoms. The number of thioether (sulfide) groups is 1. The minimum Gasteiger partial charge on any atom is -0.354 e. The second-order valence-electron chi connectivity index (χ2n) is 2.69. The monoisotopic (exact) mass is 194 g/mol. The highest BCUT2D eigenvalue weighted by Gasteiger charge is 2.00. The Morgan fingerprint density at radius 3 is 3.15 bits per heavy atom. The molecule has 0 aliphatic heterocycles. The van der Waals surface area contributed by atoms with Crippen LogP contribution in [0.3, 0.4) is 0 Å². The van der Waals surface area contributed by atoms with Crippen LogP contribution in [0, 0.1) is 0 Å². The van der Waals surface area contributed by atoms with E-state index >= 15 is 0 Å². The van der Waals surface area contributed by atoms with Gasteiger partial charge in [-0.25, -0.2) is 4.98 Å². The Bertz CT molecular complexity index is 365. The predicted molar refractivity (Wildman–Crippen MR) is 51.4 cm³/mol. The van der Waals surface area contributed by atoms with Gasteiger partial charge in [0.25, 0.3) is 0 Å². The molecule has 2 aromatic heterocycles. The van der Waals surface area contributed by atoms with Crippen LogP contribution in [0.2, 0.25) is 0 Å². The largest absolute Gasteiger partial charge is 0.354 e. The van der Waals surface area contributed by atoms with Crippen molar-refractivity contribution >= 4 is 11.8 Å². The number of aromatic amines is 1. The zero-order valence-electron chi connectivity index (χ0n) is 7.27. The summed E-state index contributed by atoms with van der Waals surface area (Å²) >= 11 is 1.65. The molecule has 68 valence electrons. The highest BCUT2D eigenvalue weighted by molar-refractivity contribution is 7.98. The summed E-state index contributed by atoms with van der Waals surface area (Å²) in [6, 6.07) is 4.14. The van der Waals surface area contributed by atoms with Gasteiger partial charge >= 0.3 is 0 Å². The molecule has 0 amide bonds. The Morgan fingerprint density at radius 2 is 2.54 bits per heavy atom. The Labute approximate surface area is 80.4 Å². The summed E-state index contributed by atoms with van der Waals surface area (Å²) in [5.41, 5.74) is 1.28. The first-order valence-electron chi connectivity index (χ1n) is 3.94. The first-order chi connectivity index (χ1) is 6.36. The minimum absolute atomic E-state index is 0.862. The molecule has 0 atom stereocenters. The van der Waals surface area contributed by atoms with Crippen molar-refractivity contribution in [2.75, 3.05) is 0 Å². The predicted octanol–water partition coefficient (Wildman–Crippen LogP) is 1.44. The molecule has 2 rings (SSSR count). The first kappa shape index (κ1) is 8.37. The second-order valence-corrected chi connectivity index (χ2v) is 3.65. The molecule has 1 N–H and O–H groups in total. The molecule has 4 nitrogen and oxygen atoms in total. The number of hydrogen-bond donors (Lipinski definition) is 1. The third kappa shape index (κ3) is 1.92. The molecule has 0 aliphatic carbocycles. The lowest BCUT2D eigenvalue weighted by atomic mass is 10.5. The molecule has 5 heteroatoms. The van der Waals surface area contributed by atoms with Crippen LogP contribution in [0.1, 0.15) is 5.69 Å². The second kappa shape index (κ2) is 3.66. The van der Waals surface area contributed by atoms with Crippen LogP contribution >= 0.6 is 11.8 Å². The molecule has 0 fully saturated rings. The fraction of sp³-hybridized carbons (Fsp3) is 0.250. The normalized spacial score (nSPS) is 10.5. The van der Waals surface area contributed by atoms with Crippen molar-refractivity contribution in [3.8, 4) is 0 Å². The van der Waals surface area contributed by atoms with Crippen molar-refractivity contribution in [1.29, 1.82) is 0 Å². The molecule has 0 aliphatic rings. The summed E-state index contributed by atoms with van der Waals surface area (Å²) in [5.74, 6) is 0.915. The van der Waals surface area contributed by atoms with E-state index in [0.29, 0.717) is 0 Å². The van der Waals surface area contributed by atoms with Crippen LogP contribution in [0.15, 0.2) is 29.8 Å². The van der Waals surface area contributed by atoms with E-state index in [9.17, 15) is 0 Å². The van der Waals surface area contributed by atoms with E-state index in [-0.39, 0.29) is 0 Å². The molecule has 2 aromatic rings. The maximum absolute atomic E-state index is 4.03. The highest BCUT2D eigenvalue weighted by Crippen LogP contribution is 2.17. The molecule has 0 aromatic carbocycles. The maximum Gasteiger partial charge on any atom is 0.183 e. The molecule has 0 spiro atoms. The van der Waals surface area contributed by atoms with E-state index in [1.807, 2.05) is 19.3 Å². The SMILES string of the molecule is Cn1cccc1CSc1ncn[nH]1. The number of nitrogens with zero attached hydrogens (tertiary/aromatic N) is 3. The van der Waals surface area contributed by atoms with E-state index in [4.69, 9.17) is 0 Å². The number of H-pyrrole nitrogens is 1. The van der Waals surface area contributed by atoms with Crippen LogP contribution in [-0.2, 0) is 12.8 Å².